The van der Waals surface area contributed by atoms with Crippen LogP contribution in [0.3, 0.4) is 0 Å². The summed E-state index contributed by atoms with van der Waals surface area (Å²) in [5, 5.41) is 11.1. The maximum Gasteiger partial charge on any atom is 0.282 e. The van der Waals surface area contributed by atoms with Crippen molar-refractivity contribution in [3.63, 3.8) is 0 Å². The summed E-state index contributed by atoms with van der Waals surface area (Å²) >= 11 is 0. The number of piperazine rings is 1. The van der Waals surface area contributed by atoms with Gasteiger partial charge in [0.05, 0.1) is 10.6 Å². The number of carbonyl (C=O) groups excluding carboxylic acids is 1. The van der Waals surface area contributed by atoms with E-state index in [9.17, 15) is 19.3 Å². The molecule has 124 valence electrons. The molecule has 0 aliphatic carbocycles. The highest BCUT2D eigenvalue weighted by atomic mass is 19.1. The maximum absolute atomic E-state index is 13.8. The average Bonchev–Trinajstić information content (AvgIpc) is 2.62. The average molecular weight is 329 g/mol. The zero-order valence-corrected chi connectivity index (χ0v) is 12.9. The van der Waals surface area contributed by atoms with Gasteiger partial charge in [-0.3, -0.25) is 14.9 Å². The van der Waals surface area contributed by atoms with E-state index < -0.39 is 4.92 Å². The Hall–Kier alpha value is -2.96. The van der Waals surface area contributed by atoms with Crippen molar-refractivity contribution in [1.82, 2.24) is 4.90 Å². The van der Waals surface area contributed by atoms with Gasteiger partial charge in [0, 0.05) is 32.2 Å². The largest absolute Gasteiger partial charge is 0.366 e. The third-order valence-electron chi connectivity index (χ3n) is 4.09. The second-order valence-corrected chi connectivity index (χ2v) is 5.50. The molecule has 7 heteroatoms. The molecule has 1 fully saturated rings. The van der Waals surface area contributed by atoms with Gasteiger partial charge in [-0.1, -0.05) is 24.3 Å². The number of hydrogen-bond donors (Lipinski definition) is 0. The number of rotatable bonds is 3. The number of benzene rings is 2. The summed E-state index contributed by atoms with van der Waals surface area (Å²) in [6.07, 6.45) is 0. The molecule has 24 heavy (non-hydrogen) atoms. The minimum Gasteiger partial charge on any atom is -0.366 e. The number of anilines is 1. The predicted molar refractivity (Wildman–Crippen MR) is 87.6 cm³/mol. The second kappa shape index (κ2) is 6.66. The number of amides is 1. The first-order valence-corrected chi connectivity index (χ1v) is 7.60. The Morgan fingerprint density at radius 2 is 1.62 bits per heavy atom. The second-order valence-electron chi connectivity index (χ2n) is 5.50. The molecule has 2 aromatic carbocycles. The van der Waals surface area contributed by atoms with Crippen molar-refractivity contribution in [3.05, 3.63) is 70.0 Å². The molecule has 1 saturated heterocycles. The zero-order valence-electron chi connectivity index (χ0n) is 12.9. The molecule has 2 aromatic rings. The fraction of sp³-hybridized carbons (Fsp3) is 0.235. The minimum absolute atomic E-state index is 0.0850. The maximum atomic E-state index is 13.8. The van der Waals surface area contributed by atoms with Gasteiger partial charge in [-0.15, -0.1) is 0 Å². The lowest BCUT2D eigenvalue weighted by molar-refractivity contribution is -0.385. The smallest absolute Gasteiger partial charge is 0.282 e. The van der Waals surface area contributed by atoms with E-state index in [0.717, 1.165) is 0 Å². The molecule has 1 aliphatic heterocycles. The lowest BCUT2D eigenvalue weighted by atomic mass is 10.1. The molecule has 0 radical (unpaired) electrons. The standard InChI is InChI=1S/C17H16FN3O3/c18-14-6-2-4-8-16(14)19-9-11-20(12-10-19)17(22)13-5-1-3-7-15(13)21(23)24/h1-8H,9-12H2. The molecule has 0 atom stereocenters. The van der Waals surface area contributed by atoms with Crippen LogP contribution in [-0.2, 0) is 0 Å². The fourth-order valence-electron chi connectivity index (χ4n) is 2.84. The Bertz CT molecular complexity index is 773. The minimum atomic E-state index is -0.553. The van der Waals surface area contributed by atoms with Crippen molar-refractivity contribution in [3.8, 4) is 0 Å². The van der Waals surface area contributed by atoms with Gasteiger partial charge in [0.1, 0.15) is 11.4 Å². The fourth-order valence-corrected chi connectivity index (χ4v) is 2.84. The SMILES string of the molecule is O=C(c1ccccc1[N+](=O)[O-])N1CCN(c2ccccc2F)CC1. The Morgan fingerprint density at radius 3 is 2.29 bits per heavy atom. The van der Waals surface area contributed by atoms with E-state index in [-0.39, 0.29) is 23.0 Å². The number of nitro groups is 1. The van der Waals surface area contributed by atoms with Crippen LogP contribution >= 0.6 is 0 Å². The number of hydrogen-bond acceptors (Lipinski definition) is 4. The van der Waals surface area contributed by atoms with Crippen molar-refractivity contribution < 1.29 is 14.1 Å². The molecule has 0 aromatic heterocycles. The summed E-state index contributed by atoms with van der Waals surface area (Å²) < 4.78 is 13.8. The van der Waals surface area contributed by atoms with Gasteiger partial charge in [-0.25, -0.2) is 4.39 Å². The summed E-state index contributed by atoms with van der Waals surface area (Å²) in [4.78, 5) is 26.5. The van der Waals surface area contributed by atoms with Gasteiger partial charge in [0.15, 0.2) is 0 Å². The third-order valence-corrected chi connectivity index (χ3v) is 4.09. The van der Waals surface area contributed by atoms with E-state index in [2.05, 4.69) is 0 Å². The molecule has 0 N–H and O–H groups in total. The van der Waals surface area contributed by atoms with Crippen LogP contribution in [0.15, 0.2) is 48.5 Å². The first-order valence-electron chi connectivity index (χ1n) is 7.60. The molecule has 0 spiro atoms. The number of nitro benzene ring substituents is 1. The highest BCUT2D eigenvalue weighted by molar-refractivity contribution is 5.98. The van der Waals surface area contributed by atoms with E-state index in [1.807, 2.05) is 4.90 Å². The summed E-state index contributed by atoms with van der Waals surface area (Å²) in [5.74, 6) is -0.661. The van der Waals surface area contributed by atoms with Crippen LogP contribution in [0.4, 0.5) is 15.8 Å². The molecule has 0 unspecified atom stereocenters. The van der Waals surface area contributed by atoms with Gasteiger partial charge in [0.25, 0.3) is 11.6 Å². The normalized spacial score (nSPS) is 14.5. The molecule has 3 rings (SSSR count). The van der Waals surface area contributed by atoms with Gasteiger partial charge < -0.3 is 9.80 Å². The van der Waals surface area contributed by atoms with Crippen molar-refractivity contribution in [2.75, 3.05) is 31.1 Å². The van der Waals surface area contributed by atoms with E-state index in [1.54, 1.807) is 29.2 Å². The van der Waals surface area contributed by atoms with Crippen LogP contribution in [-0.4, -0.2) is 41.9 Å². The first kappa shape index (κ1) is 15.9. The van der Waals surface area contributed by atoms with Crippen LogP contribution in [0.5, 0.6) is 0 Å². The van der Waals surface area contributed by atoms with Gasteiger partial charge >= 0.3 is 0 Å². The van der Waals surface area contributed by atoms with Crippen molar-refractivity contribution >= 4 is 17.3 Å². The van der Waals surface area contributed by atoms with E-state index in [0.29, 0.717) is 31.9 Å². The van der Waals surface area contributed by atoms with E-state index in [1.165, 1.54) is 24.3 Å². The summed E-state index contributed by atoms with van der Waals surface area (Å²) in [6.45, 7) is 1.74. The molecule has 0 bridgehead atoms. The quantitative estimate of drug-likeness (QED) is 0.641. The van der Waals surface area contributed by atoms with E-state index >= 15 is 0 Å². The van der Waals surface area contributed by atoms with Gasteiger partial charge in [-0.2, -0.15) is 0 Å². The highest BCUT2D eigenvalue weighted by Gasteiger charge is 2.27. The lowest BCUT2D eigenvalue weighted by Crippen LogP contribution is -2.49. The van der Waals surface area contributed by atoms with Gasteiger partial charge in [0.2, 0.25) is 0 Å². The summed E-state index contributed by atoms with van der Waals surface area (Å²) in [5.41, 5.74) is 0.399. The van der Waals surface area contributed by atoms with Crippen LogP contribution in [0.1, 0.15) is 10.4 Å². The van der Waals surface area contributed by atoms with Gasteiger partial charge in [-0.05, 0) is 18.2 Å². The molecular weight excluding hydrogens is 313 g/mol. The monoisotopic (exact) mass is 329 g/mol. The molecular formula is C17H16FN3O3. The van der Waals surface area contributed by atoms with Crippen LogP contribution in [0, 0.1) is 15.9 Å². The summed E-state index contributed by atoms with van der Waals surface area (Å²) in [7, 11) is 0. The van der Waals surface area contributed by atoms with Crippen molar-refractivity contribution in [2.45, 2.75) is 0 Å². The predicted octanol–water partition coefficient (Wildman–Crippen LogP) is 2.70. The van der Waals surface area contributed by atoms with Crippen LogP contribution in [0.25, 0.3) is 0 Å². The first-order chi connectivity index (χ1) is 11.6. The third kappa shape index (κ3) is 3.05. The zero-order chi connectivity index (χ0) is 17.1. The van der Waals surface area contributed by atoms with Crippen molar-refractivity contribution in [1.29, 1.82) is 0 Å². The number of para-hydroxylation sites is 2. The topological polar surface area (TPSA) is 66.7 Å². The molecule has 0 saturated carbocycles. The molecule has 1 aliphatic rings. The van der Waals surface area contributed by atoms with Crippen LogP contribution in [0.2, 0.25) is 0 Å². The highest BCUT2D eigenvalue weighted by Crippen LogP contribution is 2.23. The molecule has 1 heterocycles. The molecule has 6 nitrogen and oxygen atoms in total. The van der Waals surface area contributed by atoms with Crippen molar-refractivity contribution in [2.24, 2.45) is 0 Å². The number of halogens is 1. The van der Waals surface area contributed by atoms with Crippen LogP contribution < -0.4 is 4.90 Å². The Kier molecular flexibility index (Phi) is 4.41. The Balaban J connectivity index is 1.72. The Morgan fingerprint density at radius 1 is 1.00 bits per heavy atom. The number of nitrogens with zero attached hydrogens (tertiary/aromatic N) is 3. The summed E-state index contributed by atoms with van der Waals surface area (Å²) in [6, 6.07) is 12.4. The van der Waals surface area contributed by atoms with E-state index in [4.69, 9.17) is 0 Å². The number of carbonyl (C=O) groups is 1. The lowest BCUT2D eigenvalue weighted by Gasteiger charge is -2.36. The molecule has 1 amide bonds. The Labute approximate surface area is 138 Å².